The van der Waals surface area contributed by atoms with E-state index in [1.807, 2.05) is 62.4 Å². The van der Waals surface area contributed by atoms with Gasteiger partial charge in [-0.15, -0.1) is 0 Å². The van der Waals surface area contributed by atoms with E-state index in [-0.39, 0.29) is 18.1 Å². The average molecular weight is 515 g/mol. The Morgan fingerprint density at radius 1 is 0.919 bits per heavy atom. The summed E-state index contributed by atoms with van der Waals surface area (Å²) < 4.78 is 50.4. The van der Waals surface area contributed by atoms with Crippen molar-refractivity contribution in [2.45, 2.75) is 51.1 Å². The molecule has 0 radical (unpaired) electrons. The first-order chi connectivity index (χ1) is 17.6. The number of amides is 1. The minimum absolute atomic E-state index is 0.0781. The molecule has 0 bridgehead atoms. The Labute approximate surface area is 216 Å². The van der Waals surface area contributed by atoms with E-state index in [1.165, 1.54) is 12.1 Å². The smallest absolute Gasteiger partial charge is 0.416 e. The van der Waals surface area contributed by atoms with Gasteiger partial charge in [-0.05, 0) is 67.6 Å². The van der Waals surface area contributed by atoms with Crippen LogP contribution in [-0.4, -0.2) is 26.2 Å². The van der Waals surface area contributed by atoms with E-state index in [0.29, 0.717) is 24.3 Å². The first-order valence-corrected chi connectivity index (χ1v) is 12.2. The Balaban J connectivity index is 1.94. The number of halogens is 3. The molecule has 2 N–H and O–H groups in total. The van der Waals surface area contributed by atoms with E-state index < -0.39 is 17.8 Å². The molecule has 0 spiro atoms. The summed E-state index contributed by atoms with van der Waals surface area (Å²) >= 11 is 0. The number of aryl methyl sites for hydroxylation is 1. The van der Waals surface area contributed by atoms with Crippen LogP contribution < -0.4 is 20.1 Å². The van der Waals surface area contributed by atoms with Gasteiger partial charge >= 0.3 is 6.18 Å². The molecule has 8 heteroatoms. The van der Waals surface area contributed by atoms with Crippen LogP contribution in [0, 0.1) is 0 Å². The van der Waals surface area contributed by atoms with Gasteiger partial charge in [-0.25, -0.2) is 0 Å². The van der Waals surface area contributed by atoms with Crippen molar-refractivity contribution in [2.75, 3.05) is 14.2 Å². The molecule has 5 nitrogen and oxygen atoms in total. The molecule has 0 aromatic heterocycles. The first kappa shape index (κ1) is 28.1. The summed E-state index contributed by atoms with van der Waals surface area (Å²) in [6.07, 6.45) is -3.43. The number of carbonyl (C=O) groups is 1. The van der Waals surface area contributed by atoms with Crippen molar-refractivity contribution in [3.63, 3.8) is 0 Å². The number of hydrogen-bond acceptors (Lipinski definition) is 4. The highest BCUT2D eigenvalue weighted by atomic mass is 19.4. The van der Waals surface area contributed by atoms with Crippen LogP contribution in [0.2, 0.25) is 0 Å². The zero-order chi connectivity index (χ0) is 27.0. The van der Waals surface area contributed by atoms with Crippen molar-refractivity contribution < 1.29 is 27.4 Å². The van der Waals surface area contributed by atoms with Crippen molar-refractivity contribution >= 4 is 5.91 Å². The van der Waals surface area contributed by atoms with Gasteiger partial charge in [-0.3, -0.25) is 10.1 Å². The van der Waals surface area contributed by atoms with E-state index in [4.69, 9.17) is 9.47 Å². The van der Waals surface area contributed by atoms with Gasteiger partial charge in [0.15, 0.2) is 11.5 Å². The molecule has 37 heavy (non-hydrogen) atoms. The van der Waals surface area contributed by atoms with Gasteiger partial charge < -0.3 is 14.8 Å². The summed E-state index contributed by atoms with van der Waals surface area (Å²) in [6.45, 7) is 3.84. The van der Waals surface area contributed by atoms with Gasteiger partial charge in [0.05, 0.1) is 18.8 Å². The predicted molar refractivity (Wildman–Crippen MR) is 138 cm³/mol. The van der Waals surface area contributed by atoms with E-state index in [1.54, 1.807) is 14.2 Å². The Bertz CT molecular complexity index is 1150. The molecule has 198 valence electrons. The number of methoxy groups -OCH3 is 1. The van der Waals surface area contributed by atoms with Crippen LogP contribution in [0.3, 0.4) is 0 Å². The van der Waals surface area contributed by atoms with E-state index >= 15 is 0 Å². The zero-order valence-electron chi connectivity index (χ0n) is 21.4. The lowest BCUT2D eigenvalue weighted by molar-refractivity contribution is -0.137. The van der Waals surface area contributed by atoms with Crippen LogP contribution in [0.25, 0.3) is 0 Å². The van der Waals surface area contributed by atoms with Crippen molar-refractivity contribution in [3.8, 4) is 11.5 Å². The van der Waals surface area contributed by atoms with Crippen LogP contribution in [0.4, 0.5) is 13.2 Å². The molecule has 1 unspecified atom stereocenters. The number of alkyl halides is 3. The summed E-state index contributed by atoms with van der Waals surface area (Å²) in [5.74, 6) is 0.968. The fraction of sp³-hybridized carbons (Fsp3) is 0.345. The quantitative estimate of drug-likeness (QED) is 0.318. The lowest BCUT2D eigenvalue weighted by Crippen LogP contribution is -2.38. The van der Waals surface area contributed by atoms with E-state index in [0.717, 1.165) is 28.8 Å². The van der Waals surface area contributed by atoms with Gasteiger partial charge in [0.25, 0.3) is 0 Å². The van der Waals surface area contributed by atoms with Crippen molar-refractivity contribution in [3.05, 3.63) is 95.1 Å². The molecule has 3 aromatic rings. The topological polar surface area (TPSA) is 59.6 Å². The minimum atomic E-state index is -4.38. The summed E-state index contributed by atoms with van der Waals surface area (Å²) in [5, 5.41) is 6.19. The van der Waals surface area contributed by atoms with Gasteiger partial charge in [-0.1, -0.05) is 48.5 Å². The molecule has 2 atom stereocenters. The normalized spacial score (nSPS) is 13.2. The maximum Gasteiger partial charge on any atom is 0.416 e. The second-order valence-electron chi connectivity index (χ2n) is 8.99. The second-order valence-corrected chi connectivity index (χ2v) is 8.99. The molecule has 3 rings (SSSR count). The second kappa shape index (κ2) is 12.6. The van der Waals surface area contributed by atoms with Crippen LogP contribution in [0.1, 0.15) is 54.6 Å². The van der Waals surface area contributed by atoms with E-state index in [9.17, 15) is 18.0 Å². The van der Waals surface area contributed by atoms with Gasteiger partial charge in [0.1, 0.15) is 6.04 Å². The number of likely N-dealkylation sites (N-methyl/N-ethyl adjacent to an activating group) is 1. The van der Waals surface area contributed by atoms with Crippen LogP contribution in [0.5, 0.6) is 11.5 Å². The summed E-state index contributed by atoms with van der Waals surface area (Å²) in [7, 11) is 3.15. The Morgan fingerprint density at radius 3 is 2.16 bits per heavy atom. The summed E-state index contributed by atoms with van der Waals surface area (Å²) in [5.41, 5.74) is 1.75. The third-order valence-electron chi connectivity index (χ3n) is 5.97. The molecule has 0 saturated heterocycles. The number of nitrogens with one attached hydrogen (secondary N) is 2. The van der Waals surface area contributed by atoms with Gasteiger partial charge in [0.2, 0.25) is 5.91 Å². The molecule has 0 heterocycles. The van der Waals surface area contributed by atoms with Gasteiger partial charge in [-0.2, -0.15) is 13.2 Å². The highest BCUT2D eigenvalue weighted by molar-refractivity contribution is 5.83. The number of ether oxygens (including phenoxy) is 2. The van der Waals surface area contributed by atoms with Crippen LogP contribution in [0.15, 0.2) is 72.8 Å². The molecule has 1 amide bonds. The Morgan fingerprint density at radius 2 is 1.59 bits per heavy atom. The summed E-state index contributed by atoms with van der Waals surface area (Å²) in [4.78, 5) is 12.9. The Hall–Kier alpha value is -3.52. The lowest BCUT2D eigenvalue weighted by atomic mass is 9.95. The van der Waals surface area contributed by atoms with Crippen molar-refractivity contribution in [1.29, 1.82) is 0 Å². The monoisotopic (exact) mass is 514 g/mol. The first-order valence-electron chi connectivity index (χ1n) is 12.2. The molecule has 0 fully saturated rings. The molecular weight excluding hydrogens is 481 g/mol. The third kappa shape index (κ3) is 7.73. The molecule has 3 aromatic carbocycles. The fourth-order valence-electron chi connectivity index (χ4n) is 4.09. The third-order valence-corrected chi connectivity index (χ3v) is 5.97. The molecule has 0 saturated carbocycles. The van der Waals surface area contributed by atoms with Gasteiger partial charge in [0, 0.05) is 13.1 Å². The van der Waals surface area contributed by atoms with Crippen LogP contribution >= 0.6 is 0 Å². The fourth-order valence-corrected chi connectivity index (χ4v) is 4.09. The van der Waals surface area contributed by atoms with E-state index in [2.05, 4.69) is 10.6 Å². The molecular formula is C29H33F3N2O3. The Kier molecular flexibility index (Phi) is 9.58. The van der Waals surface area contributed by atoms with Crippen molar-refractivity contribution in [1.82, 2.24) is 10.6 Å². The number of benzene rings is 3. The molecule has 0 aliphatic rings. The maximum absolute atomic E-state index is 13.0. The lowest BCUT2D eigenvalue weighted by Gasteiger charge is -2.27. The summed E-state index contributed by atoms with van der Waals surface area (Å²) in [6, 6.07) is 19.2. The molecule has 0 aliphatic heterocycles. The SMILES string of the molecule is CNC(=O)C(N[C@@H](CCc1ccc(C(F)(F)F)cc1)c1ccc(OC)c(OC(C)C)c1)c1ccccc1. The minimum Gasteiger partial charge on any atom is -0.493 e. The van der Waals surface area contributed by atoms with Crippen molar-refractivity contribution in [2.24, 2.45) is 0 Å². The number of hydrogen-bond donors (Lipinski definition) is 2. The molecule has 0 aliphatic carbocycles. The number of rotatable bonds is 11. The average Bonchev–Trinajstić information content (AvgIpc) is 2.88. The standard InChI is InChI=1S/C29H33F3N2O3/c1-19(2)37-26-18-22(13-17-25(26)36-4)24(16-12-20-10-14-23(15-11-20)29(30,31)32)34-27(28(35)33-3)21-8-6-5-7-9-21/h5-11,13-15,17-19,24,27,34H,12,16H2,1-4H3,(H,33,35)/t24-,27?/m0/s1. The largest absolute Gasteiger partial charge is 0.493 e. The highest BCUT2D eigenvalue weighted by Crippen LogP contribution is 2.34. The zero-order valence-corrected chi connectivity index (χ0v) is 21.4. The van der Waals surface area contributed by atoms with Crippen LogP contribution in [-0.2, 0) is 17.4 Å². The highest BCUT2D eigenvalue weighted by Gasteiger charge is 2.30. The predicted octanol–water partition coefficient (Wildman–Crippen LogP) is 6.25. The maximum atomic E-state index is 13.0. The number of carbonyl (C=O) groups excluding carboxylic acids is 1.